The van der Waals surface area contributed by atoms with Crippen molar-refractivity contribution in [2.24, 2.45) is 0 Å². The summed E-state index contributed by atoms with van der Waals surface area (Å²) in [5, 5.41) is 10.4. The van der Waals surface area contributed by atoms with E-state index in [4.69, 9.17) is 18.9 Å². The van der Waals surface area contributed by atoms with E-state index in [2.05, 4.69) is 20.9 Å². The molecule has 22 heavy (non-hydrogen) atoms. The molecule has 1 N–H and O–H groups in total. The molecule has 1 atom stereocenters. The minimum Gasteiger partial charge on any atom is -0.475 e. The van der Waals surface area contributed by atoms with Crippen LogP contribution >= 0.6 is 15.9 Å². The molecular formula is C15H20BrNO5. The molecule has 1 unspecified atom stereocenters. The first kappa shape index (κ1) is 16.1. The molecule has 1 aromatic rings. The molecule has 0 saturated carbocycles. The largest absolute Gasteiger partial charge is 0.475 e. The van der Waals surface area contributed by atoms with Gasteiger partial charge in [-0.2, -0.15) is 0 Å². The van der Waals surface area contributed by atoms with Gasteiger partial charge in [0.25, 0.3) is 0 Å². The van der Waals surface area contributed by atoms with Gasteiger partial charge in [0.2, 0.25) is 5.88 Å². The summed E-state index contributed by atoms with van der Waals surface area (Å²) in [4.78, 5) is 4.24. The van der Waals surface area contributed by atoms with Crippen LogP contribution in [0, 0.1) is 0 Å². The Kier molecular flexibility index (Phi) is 5.30. The highest BCUT2D eigenvalue weighted by molar-refractivity contribution is 9.10. The number of nitrogens with zero attached hydrogens (tertiary/aromatic N) is 1. The van der Waals surface area contributed by atoms with Gasteiger partial charge in [0.15, 0.2) is 6.29 Å². The van der Waals surface area contributed by atoms with E-state index in [0.29, 0.717) is 24.7 Å². The molecule has 3 heterocycles. The average molecular weight is 374 g/mol. The van der Waals surface area contributed by atoms with Crippen molar-refractivity contribution in [2.45, 2.75) is 31.2 Å². The number of ether oxygens (including phenoxy) is 4. The molecule has 122 valence electrons. The number of pyridine rings is 1. The molecule has 2 aliphatic rings. The van der Waals surface area contributed by atoms with Gasteiger partial charge in [0, 0.05) is 17.3 Å². The fraction of sp³-hybridized carbons (Fsp3) is 0.667. The Morgan fingerprint density at radius 1 is 1.36 bits per heavy atom. The number of halogens is 1. The molecule has 2 fully saturated rings. The number of rotatable bonds is 6. The summed E-state index contributed by atoms with van der Waals surface area (Å²) < 4.78 is 22.7. The number of aromatic nitrogens is 1. The average Bonchev–Trinajstić information content (AvgIpc) is 2.51. The standard InChI is InChI=1S/C15H20BrNO5/c16-11-7-12(15(18)9-19-10-15)14(17-8-11)22-6-5-21-13-3-1-2-4-20-13/h7-8,13,18H,1-6,9-10H2. The van der Waals surface area contributed by atoms with Gasteiger partial charge in [-0.3, -0.25) is 0 Å². The lowest BCUT2D eigenvalue weighted by Crippen LogP contribution is -2.46. The van der Waals surface area contributed by atoms with Gasteiger partial charge >= 0.3 is 0 Å². The highest BCUT2D eigenvalue weighted by Crippen LogP contribution is 2.36. The first-order valence-electron chi connectivity index (χ1n) is 7.49. The van der Waals surface area contributed by atoms with E-state index in [9.17, 15) is 5.11 Å². The minimum atomic E-state index is -1.01. The number of hydrogen-bond donors (Lipinski definition) is 1. The zero-order valence-electron chi connectivity index (χ0n) is 12.3. The maximum atomic E-state index is 10.4. The van der Waals surface area contributed by atoms with Crippen molar-refractivity contribution in [2.75, 3.05) is 33.0 Å². The lowest BCUT2D eigenvalue weighted by molar-refractivity contribution is -0.186. The van der Waals surface area contributed by atoms with E-state index >= 15 is 0 Å². The Hall–Kier alpha value is -0.730. The van der Waals surface area contributed by atoms with E-state index in [0.717, 1.165) is 30.3 Å². The van der Waals surface area contributed by atoms with Gasteiger partial charge in [-0.1, -0.05) is 0 Å². The van der Waals surface area contributed by atoms with E-state index in [-0.39, 0.29) is 19.5 Å². The van der Waals surface area contributed by atoms with Crippen molar-refractivity contribution in [1.82, 2.24) is 4.98 Å². The first-order valence-corrected chi connectivity index (χ1v) is 8.29. The van der Waals surface area contributed by atoms with Crippen LogP contribution < -0.4 is 4.74 Å². The second-order valence-electron chi connectivity index (χ2n) is 5.55. The molecule has 3 rings (SSSR count). The molecule has 0 bridgehead atoms. The number of aliphatic hydroxyl groups is 1. The molecule has 6 nitrogen and oxygen atoms in total. The van der Waals surface area contributed by atoms with Crippen LogP contribution in [0.5, 0.6) is 5.88 Å². The molecular weight excluding hydrogens is 354 g/mol. The summed E-state index contributed by atoms with van der Waals surface area (Å²) in [5.41, 5.74) is -0.374. The molecule has 0 radical (unpaired) electrons. The van der Waals surface area contributed by atoms with Crippen LogP contribution in [0.3, 0.4) is 0 Å². The van der Waals surface area contributed by atoms with Crippen LogP contribution in [0.15, 0.2) is 16.7 Å². The Morgan fingerprint density at radius 3 is 2.91 bits per heavy atom. The van der Waals surface area contributed by atoms with Gasteiger partial charge in [0.1, 0.15) is 12.2 Å². The predicted molar refractivity (Wildman–Crippen MR) is 81.7 cm³/mol. The van der Waals surface area contributed by atoms with E-state index in [1.165, 1.54) is 0 Å². The van der Waals surface area contributed by atoms with E-state index in [1.54, 1.807) is 6.20 Å². The van der Waals surface area contributed by atoms with Crippen molar-refractivity contribution in [1.29, 1.82) is 0 Å². The van der Waals surface area contributed by atoms with Gasteiger partial charge in [-0.05, 0) is 41.3 Å². The summed E-state index contributed by atoms with van der Waals surface area (Å²) in [6.45, 7) is 2.06. The molecule has 2 saturated heterocycles. The Labute approximate surface area is 137 Å². The van der Waals surface area contributed by atoms with Crippen molar-refractivity contribution < 1.29 is 24.1 Å². The van der Waals surface area contributed by atoms with Gasteiger partial charge in [0.05, 0.1) is 25.4 Å². The maximum absolute atomic E-state index is 10.4. The van der Waals surface area contributed by atoms with Gasteiger partial charge < -0.3 is 24.1 Å². The number of hydrogen-bond acceptors (Lipinski definition) is 6. The van der Waals surface area contributed by atoms with Gasteiger partial charge in [-0.15, -0.1) is 0 Å². The zero-order chi connectivity index (χ0) is 15.4. The molecule has 0 amide bonds. The third-order valence-corrected chi connectivity index (χ3v) is 4.20. The molecule has 0 aromatic carbocycles. The lowest BCUT2D eigenvalue weighted by atomic mass is 9.93. The minimum absolute atomic E-state index is 0.126. The quantitative estimate of drug-likeness (QED) is 0.768. The summed E-state index contributed by atoms with van der Waals surface area (Å²) in [6, 6.07) is 1.82. The van der Waals surface area contributed by atoms with Crippen LogP contribution in [0.25, 0.3) is 0 Å². The van der Waals surface area contributed by atoms with Crippen LogP contribution in [0.1, 0.15) is 24.8 Å². The highest BCUT2D eigenvalue weighted by atomic mass is 79.9. The second-order valence-corrected chi connectivity index (χ2v) is 6.46. The third kappa shape index (κ3) is 3.78. The lowest BCUT2D eigenvalue weighted by Gasteiger charge is -2.37. The van der Waals surface area contributed by atoms with Crippen LogP contribution in [0.4, 0.5) is 0 Å². The third-order valence-electron chi connectivity index (χ3n) is 3.76. The summed E-state index contributed by atoms with van der Waals surface area (Å²) in [5.74, 6) is 0.419. The predicted octanol–water partition coefficient (Wildman–Crippen LogP) is 1.98. The van der Waals surface area contributed by atoms with Crippen molar-refractivity contribution in [3.8, 4) is 5.88 Å². The molecule has 0 spiro atoms. The smallest absolute Gasteiger partial charge is 0.219 e. The fourth-order valence-electron chi connectivity index (χ4n) is 2.49. The van der Waals surface area contributed by atoms with Crippen molar-refractivity contribution in [3.05, 3.63) is 22.3 Å². The second kappa shape index (κ2) is 7.23. The van der Waals surface area contributed by atoms with Crippen LogP contribution in [-0.2, 0) is 19.8 Å². The summed E-state index contributed by atoms with van der Waals surface area (Å²) in [6.07, 6.45) is 4.69. The van der Waals surface area contributed by atoms with Crippen molar-refractivity contribution >= 4 is 15.9 Å². The summed E-state index contributed by atoms with van der Waals surface area (Å²) >= 11 is 3.36. The molecule has 0 aliphatic carbocycles. The highest BCUT2D eigenvalue weighted by Gasteiger charge is 2.41. The SMILES string of the molecule is OC1(c2cc(Br)cnc2OCCOC2CCCCO2)COC1. The Balaban J connectivity index is 1.53. The van der Waals surface area contributed by atoms with E-state index < -0.39 is 5.60 Å². The normalized spacial score (nSPS) is 23.8. The van der Waals surface area contributed by atoms with Crippen LogP contribution in [0.2, 0.25) is 0 Å². The monoisotopic (exact) mass is 373 g/mol. The first-order chi connectivity index (χ1) is 10.7. The molecule has 1 aromatic heterocycles. The molecule has 7 heteroatoms. The topological polar surface area (TPSA) is 70.0 Å². The maximum Gasteiger partial charge on any atom is 0.219 e. The van der Waals surface area contributed by atoms with E-state index in [1.807, 2.05) is 6.07 Å². The van der Waals surface area contributed by atoms with Crippen LogP contribution in [-0.4, -0.2) is 49.4 Å². The fourth-order valence-corrected chi connectivity index (χ4v) is 2.82. The summed E-state index contributed by atoms with van der Waals surface area (Å²) in [7, 11) is 0. The van der Waals surface area contributed by atoms with Gasteiger partial charge in [-0.25, -0.2) is 4.98 Å². The Morgan fingerprint density at radius 2 is 2.23 bits per heavy atom. The molecule has 2 aliphatic heterocycles. The Bertz CT molecular complexity index is 503. The zero-order valence-corrected chi connectivity index (χ0v) is 13.9. The van der Waals surface area contributed by atoms with Crippen molar-refractivity contribution in [3.63, 3.8) is 0 Å².